The Hall–Kier alpha value is -1.80. The maximum Gasteiger partial charge on any atom is 0.191 e. The zero-order valence-corrected chi connectivity index (χ0v) is 19.6. The average Bonchev–Trinajstić information content (AvgIpc) is 3.25. The lowest BCUT2D eigenvalue weighted by Gasteiger charge is -2.15. The van der Waals surface area contributed by atoms with Crippen LogP contribution in [0, 0.1) is 0 Å². The summed E-state index contributed by atoms with van der Waals surface area (Å²) in [5.74, 6) is 1.74. The monoisotopic (exact) mass is 508 g/mol. The Morgan fingerprint density at radius 1 is 0.966 bits per heavy atom. The minimum absolute atomic E-state index is 0. The van der Waals surface area contributed by atoms with Crippen molar-refractivity contribution in [1.29, 1.82) is 0 Å². The normalized spacial score (nSPS) is 14.3. The summed E-state index contributed by atoms with van der Waals surface area (Å²) in [6, 6.07) is 18.8. The summed E-state index contributed by atoms with van der Waals surface area (Å²) in [5, 5.41) is 6.71. The number of para-hydroxylation sites is 1. The highest BCUT2D eigenvalue weighted by Gasteiger charge is 2.11. The number of aliphatic imine (C=N–C) groups is 1. The number of nitrogens with one attached hydrogen (secondary N) is 2. The Kier molecular flexibility index (Phi) is 10.9. The van der Waals surface area contributed by atoms with Crippen molar-refractivity contribution in [3.05, 3.63) is 65.7 Å². The van der Waals surface area contributed by atoms with E-state index in [1.54, 1.807) is 7.05 Å². The molecule has 0 aliphatic carbocycles. The SMILES string of the molecule is CN=C(NCCCOc1ccccc1)NCc1ccc(CN2CCCC2)cc1.I. The predicted molar refractivity (Wildman–Crippen MR) is 131 cm³/mol. The quantitative estimate of drug-likeness (QED) is 0.233. The van der Waals surface area contributed by atoms with Gasteiger partial charge in [0.05, 0.1) is 6.61 Å². The molecule has 0 unspecified atom stereocenters. The zero-order valence-electron chi connectivity index (χ0n) is 17.3. The Bertz CT molecular complexity index is 715. The average molecular weight is 508 g/mol. The van der Waals surface area contributed by atoms with Crippen LogP contribution < -0.4 is 15.4 Å². The van der Waals surface area contributed by atoms with Crippen molar-refractivity contribution in [2.24, 2.45) is 4.99 Å². The molecule has 0 radical (unpaired) electrons. The van der Waals surface area contributed by atoms with E-state index in [9.17, 15) is 0 Å². The molecule has 1 aliphatic heterocycles. The highest BCUT2D eigenvalue weighted by molar-refractivity contribution is 14.0. The van der Waals surface area contributed by atoms with Crippen molar-refractivity contribution in [3.63, 3.8) is 0 Å². The van der Waals surface area contributed by atoms with Crippen LogP contribution in [0.25, 0.3) is 0 Å². The van der Waals surface area contributed by atoms with E-state index in [0.29, 0.717) is 6.61 Å². The van der Waals surface area contributed by atoms with Gasteiger partial charge in [0.25, 0.3) is 0 Å². The van der Waals surface area contributed by atoms with Crippen LogP contribution in [-0.2, 0) is 13.1 Å². The second kappa shape index (κ2) is 13.4. The first-order valence-electron chi connectivity index (χ1n) is 10.3. The molecular weight excluding hydrogens is 475 g/mol. The number of hydrogen-bond acceptors (Lipinski definition) is 3. The van der Waals surface area contributed by atoms with E-state index in [4.69, 9.17) is 4.74 Å². The summed E-state index contributed by atoms with van der Waals surface area (Å²) in [6.07, 6.45) is 3.60. The van der Waals surface area contributed by atoms with Crippen molar-refractivity contribution in [1.82, 2.24) is 15.5 Å². The smallest absolute Gasteiger partial charge is 0.191 e. The molecule has 3 rings (SSSR count). The van der Waals surface area contributed by atoms with E-state index in [-0.39, 0.29) is 24.0 Å². The number of ether oxygens (including phenoxy) is 1. The summed E-state index contributed by atoms with van der Waals surface area (Å²) in [5.41, 5.74) is 2.66. The Morgan fingerprint density at radius 3 is 2.34 bits per heavy atom. The fourth-order valence-electron chi connectivity index (χ4n) is 3.35. The van der Waals surface area contributed by atoms with Gasteiger partial charge in [0.1, 0.15) is 5.75 Å². The fourth-order valence-corrected chi connectivity index (χ4v) is 3.35. The van der Waals surface area contributed by atoms with Crippen LogP contribution >= 0.6 is 24.0 Å². The summed E-state index contributed by atoms with van der Waals surface area (Å²) < 4.78 is 5.71. The lowest BCUT2D eigenvalue weighted by molar-refractivity contribution is 0.311. The molecule has 0 spiro atoms. The highest BCUT2D eigenvalue weighted by Crippen LogP contribution is 2.13. The van der Waals surface area contributed by atoms with E-state index in [2.05, 4.69) is 44.8 Å². The van der Waals surface area contributed by atoms with E-state index >= 15 is 0 Å². The maximum atomic E-state index is 5.71. The van der Waals surface area contributed by atoms with Crippen LogP contribution in [0.1, 0.15) is 30.4 Å². The van der Waals surface area contributed by atoms with Crippen LogP contribution in [0.4, 0.5) is 0 Å². The van der Waals surface area contributed by atoms with Crippen LogP contribution in [0.5, 0.6) is 5.75 Å². The van der Waals surface area contributed by atoms with E-state index < -0.39 is 0 Å². The van der Waals surface area contributed by atoms with Gasteiger partial charge >= 0.3 is 0 Å². The lowest BCUT2D eigenvalue weighted by Crippen LogP contribution is -2.37. The molecule has 1 heterocycles. The molecular formula is C23H33IN4O. The van der Waals surface area contributed by atoms with Crippen molar-refractivity contribution in [2.45, 2.75) is 32.4 Å². The van der Waals surface area contributed by atoms with Gasteiger partial charge in [-0.1, -0.05) is 42.5 Å². The molecule has 29 heavy (non-hydrogen) atoms. The van der Waals surface area contributed by atoms with Gasteiger partial charge in [0.2, 0.25) is 0 Å². The summed E-state index contributed by atoms with van der Waals surface area (Å²) in [6.45, 7) is 5.82. The summed E-state index contributed by atoms with van der Waals surface area (Å²) in [7, 11) is 1.80. The predicted octanol–water partition coefficient (Wildman–Crippen LogP) is 4.03. The van der Waals surface area contributed by atoms with Crippen LogP contribution in [0.3, 0.4) is 0 Å². The minimum atomic E-state index is 0. The zero-order chi connectivity index (χ0) is 19.4. The molecule has 5 nitrogen and oxygen atoms in total. The van der Waals surface area contributed by atoms with Crippen molar-refractivity contribution >= 4 is 29.9 Å². The molecule has 0 saturated carbocycles. The van der Waals surface area contributed by atoms with Crippen LogP contribution in [-0.4, -0.2) is 44.1 Å². The standard InChI is InChI=1S/C23H32N4O.HI/c1-24-23(25-14-7-17-28-22-8-3-2-4-9-22)26-18-20-10-12-21(13-11-20)19-27-15-5-6-16-27;/h2-4,8-13H,5-7,14-19H2,1H3,(H2,24,25,26);1H. The molecule has 0 bridgehead atoms. The molecule has 0 aromatic heterocycles. The minimum Gasteiger partial charge on any atom is -0.494 e. The Balaban J connectivity index is 0.00000300. The third-order valence-corrected chi connectivity index (χ3v) is 4.94. The second-order valence-corrected chi connectivity index (χ2v) is 7.17. The molecule has 2 aromatic rings. The Labute approximate surface area is 192 Å². The first kappa shape index (κ1) is 23.5. The number of benzene rings is 2. The number of rotatable bonds is 9. The van der Waals surface area contributed by atoms with Crippen molar-refractivity contribution in [3.8, 4) is 5.75 Å². The molecule has 6 heteroatoms. The van der Waals surface area contributed by atoms with Gasteiger partial charge in [-0.2, -0.15) is 0 Å². The second-order valence-electron chi connectivity index (χ2n) is 7.17. The molecule has 2 N–H and O–H groups in total. The number of hydrogen-bond donors (Lipinski definition) is 2. The number of nitrogens with zero attached hydrogens (tertiary/aromatic N) is 2. The first-order valence-corrected chi connectivity index (χ1v) is 10.3. The molecule has 2 aromatic carbocycles. The topological polar surface area (TPSA) is 48.9 Å². The number of halogens is 1. The molecule has 0 atom stereocenters. The Morgan fingerprint density at radius 2 is 1.66 bits per heavy atom. The molecule has 1 aliphatic rings. The van der Waals surface area contributed by atoms with Gasteiger partial charge in [0, 0.05) is 26.7 Å². The van der Waals surface area contributed by atoms with Crippen molar-refractivity contribution < 1.29 is 4.74 Å². The highest BCUT2D eigenvalue weighted by atomic mass is 127. The van der Waals surface area contributed by atoms with E-state index in [1.165, 1.54) is 37.1 Å². The lowest BCUT2D eigenvalue weighted by atomic mass is 10.1. The largest absolute Gasteiger partial charge is 0.494 e. The number of likely N-dealkylation sites (tertiary alicyclic amines) is 1. The molecule has 0 amide bonds. The first-order chi connectivity index (χ1) is 13.8. The van der Waals surface area contributed by atoms with E-state index in [0.717, 1.165) is 37.8 Å². The van der Waals surface area contributed by atoms with Crippen LogP contribution in [0.15, 0.2) is 59.6 Å². The third kappa shape index (κ3) is 8.62. The summed E-state index contributed by atoms with van der Waals surface area (Å²) >= 11 is 0. The van der Waals surface area contributed by atoms with Gasteiger partial charge in [0.15, 0.2) is 5.96 Å². The molecule has 1 fully saturated rings. The van der Waals surface area contributed by atoms with Gasteiger partial charge < -0.3 is 15.4 Å². The van der Waals surface area contributed by atoms with Crippen LogP contribution in [0.2, 0.25) is 0 Å². The van der Waals surface area contributed by atoms with E-state index in [1.807, 2.05) is 30.3 Å². The van der Waals surface area contributed by atoms with Gasteiger partial charge in [-0.3, -0.25) is 9.89 Å². The molecule has 1 saturated heterocycles. The maximum absolute atomic E-state index is 5.71. The van der Waals surface area contributed by atoms with Gasteiger partial charge in [-0.25, -0.2) is 0 Å². The third-order valence-electron chi connectivity index (χ3n) is 4.94. The van der Waals surface area contributed by atoms with Crippen molar-refractivity contribution in [2.75, 3.05) is 33.3 Å². The fraction of sp³-hybridized carbons (Fsp3) is 0.435. The molecule has 158 valence electrons. The number of guanidine groups is 1. The summed E-state index contributed by atoms with van der Waals surface area (Å²) in [4.78, 5) is 6.82. The van der Waals surface area contributed by atoms with Gasteiger partial charge in [-0.05, 0) is 55.6 Å². The van der Waals surface area contributed by atoms with Gasteiger partial charge in [-0.15, -0.1) is 24.0 Å².